The van der Waals surface area contributed by atoms with Crippen LogP contribution < -0.4 is 40.0 Å². The smallest absolute Gasteiger partial charge is 0.550 e. The molecule has 0 spiro atoms. The minimum atomic E-state index is -1.41. The number of aliphatic carboxylic acids is 1. The molecule has 45 heavy (non-hydrogen) atoms. The van der Waals surface area contributed by atoms with E-state index in [9.17, 15) is 33.7 Å². The first-order chi connectivity index (χ1) is 20.9. The van der Waals surface area contributed by atoms with E-state index < -0.39 is 36.2 Å². The molecule has 0 aliphatic heterocycles. The molecule has 3 N–H and O–H groups in total. The van der Waals surface area contributed by atoms with Crippen LogP contribution in [-0.2, 0) is 17.8 Å². The first-order valence-electron chi connectivity index (χ1n) is 14.6. The van der Waals surface area contributed by atoms with Crippen LogP contribution >= 0.6 is 0 Å². The van der Waals surface area contributed by atoms with Gasteiger partial charge in [0.05, 0.1) is 12.2 Å². The molecule has 2 atom stereocenters. The molecule has 1 amide bonds. The quantitative estimate of drug-likeness (QED) is 0.197. The summed E-state index contributed by atoms with van der Waals surface area (Å²) >= 11 is 0. The number of benzene rings is 3. The number of halogens is 2. The number of hydrogen-bond acceptors (Lipinski definition) is 5. The van der Waals surface area contributed by atoms with Crippen molar-refractivity contribution < 1.29 is 63.2 Å². The number of carboxylic acid groups (broad SMARTS) is 1. The van der Waals surface area contributed by atoms with Gasteiger partial charge in [-0.3, -0.25) is 4.79 Å². The molecule has 7 nitrogen and oxygen atoms in total. The van der Waals surface area contributed by atoms with Crippen molar-refractivity contribution in [1.29, 1.82) is 0 Å². The Bertz CT molecular complexity index is 1590. The van der Waals surface area contributed by atoms with E-state index in [0.717, 1.165) is 11.1 Å². The predicted molar refractivity (Wildman–Crippen MR) is 163 cm³/mol. The summed E-state index contributed by atoms with van der Waals surface area (Å²) in [5, 5.41) is 34.7. The average molecular weight is 627 g/mol. The Labute approximate surface area is 284 Å². The third kappa shape index (κ3) is 9.34. The van der Waals surface area contributed by atoms with E-state index in [1.807, 2.05) is 49.6 Å². The van der Waals surface area contributed by atoms with E-state index in [4.69, 9.17) is 0 Å². The standard InChI is InChI=1S/C35H38F2N2O5.Na/c1-21(2)39-30(17-16-28(40)18-29(41)19-31(42)43)32(24-8-12-26(36)13-9-24)33(25-10-14-27(37)15-11-25)34(39)35(44)38-20-23-6-4-22(3)5-7-23;/h4-15,21,28-29,40-41H,16-20H2,1-3H3,(H,38,44)(H,42,43);/q;+1/p-1/t28-,29-;/m1./s1. The second kappa shape index (κ2) is 16.3. The van der Waals surface area contributed by atoms with Crippen molar-refractivity contribution >= 4 is 11.9 Å². The molecule has 0 bridgehead atoms. The monoisotopic (exact) mass is 626 g/mol. The van der Waals surface area contributed by atoms with Gasteiger partial charge in [-0.05, 0) is 81.0 Å². The molecule has 0 aliphatic rings. The van der Waals surface area contributed by atoms with Gasteiger partial charge in [-0.1, -0.05) is 54.1 Å². The Morgan fingerprint density at radius 3 is 1.89 bits per heavy atom. The molecule has 0 radical (unpaired) electrons. The summed E-state index contributed by atoms with van der Waals surface area (Å²) in [7, 11) is 0. The predicted octanol–water partition coefficient (Wildman–Crippen LogP) is 2.11. The molecule has 0 unspecified atom stereocenters. The zero-order chi connectivity index (χ0) is 32.0. The number of nitrogens with one attached hydrogen (secondary N) is 1. The minimum absolute atomic E-state index is 0. The Kier molecular flexibility index (Phi) is 13.1. The molecule has 232 valence electrons. The largest absolute Gasteiger partial charge is 1.00 e. The fraction of sp³-hybridized carbons (Fsp3) is 0.314. The number of nitrogens with zero attached hydrogens (tertiary/aromatic N) is 1. The summed E-state index contributed by atoms with van der Waals surface area (Å²) in [6, 6.07) is 19.2. The zero-order valence-electron chi connectivity index (χ0n) is 26.0. The maximum Gasteiger partial charge on any atom is 1.00 e. The summed E-state index contributed by atoms with van der Waals surface area (Å²) in [5.74, 6) is -2.65. The number of amides is 1. The van der Waals surface area contributed by atoms with Gasteiger partial charge in [-0.25, -0.2) is 8.78 Å². The maximum atomic E-state index is 14.1. The molecular formula is C35H37F2N2NaO5. The van der Waals surface area contributed by atoms with Crippen LogP contribution in [0.1, 0.15) is 66.5 Å². The molecule has 1 heterocycles. The number of carbonyl (C=O) groups excluding carboxylic acids is 2. The Morgan fingerprint density at radius 2 is 1.38 bits per heavy atom. The van der Waals surface area contributed by atoms with Gasteiger partial charge < -0.3 is 30.0 Å². The van der Waals surface area contributed by atoms with E-state index >= 15 is 0 Å². The van der Waals surface area contributed by atoms with E-state index in [2.05, 4.69) is 5.32 Å². The number of aryl methyl sites for hydroxylation is 1. The van der Waals surface area contributed by atoms with Crippen LogP contribution in [0.2, 0.25) is 0 Å². The van der Waals surface area contributed by atoms with Gasteiger partial charge in [0.1, 0.15) is 17.3 Å². The maximum absolute atomic E-state index is 14.1. The summed E-state index contributed by atoms with van der Waals surface area (Å²) < 4.78 is 30.0. The molecule has 0 aliphatic carbocycles. The summed E-state index contributed by atoms with van der Waals surface area (Å²) in [6.45, 7) is 6.08. The Balaban J connectivity index is 0.00000552. The normalized spacial score (nSPS) is 12.4. The van der Waals surface area contributed by atoms with Gasteiger partial charge in [0.15, 0.2) is 0 Å². The van der Waals surface area contributed by atoms with Crippen molar-refractivity contribution in [1.82, 2.24) is 9.88 Å². The fourth-order valence-electron chi connectivity index (χ4n) is 5.48. The van der Waals surface area contributed by atoms with Gasteiger partial charge in [-0.15, -0.1) is 0 Å². The van der Waals surface area contributed by atoms with Crippen LogP contribution in [0.4, 0.5) is 8.78 Å². The van der Waals surface area contributed by atoms with Crippen LogP contribution in [-0.4, -0.2) is 38.9 Å². The SMILES string of the molecule is Cc1ccc(CNC(=O)c2c(-c3ccc(F)cc3)c(-c3ccc(F)cc3)c(CC[C@@H](O)C[C@@H](O)CC(=O)[O-])n2C(C)C)cc1.[Na+]. The number of rotatable bonds is 13. The molecule has 10 heteroatoms. The van der Waals surface area contributed by atoms with E-state index in [0.29, 0.717) is 33.6 Å². The molecule has 3 aromatic carbocycles. The average Bonchev–Trinajstić information content (AvgIpc) is 3.31. The molecule has 4 rings (SSSR count). The number of carbonyl (C=O) groups is 2. The molecule has 0 fully saturated rings. The molecule has 0 saturated heterocycles. The number of hydrogen-bond donors (Lipinski definition) is 3. The van der Waals surface area contributed by atoms with Gasteiger partial charge in [0, 0.05) is 41.8 Å². The second-order valence-corrected chi connectivity index (χ2v) is 11.3. The minimum Gasteiger partial charge on any atom is -0.550 e. The Morgan fingerprint density at radius 1 is 0.844 bits per heavy atom. The number of aliphatic hydroxyl groups is 2. The summed E-state index contributed by atoms with van der Waals surface area (Å²) in [6.07, 6.45) is -2.71. The van der Waals surface area contributed by atoms with Crippen LogP contribution in [0.15, 0.2) is 72.8 Å². The van der Waals surface area contributed by atoms with Gasteiger partial charge >= 0.3 is 29.6 Å². The zero-order valence-corrected chi connectivity index (χ0v) is 28.0. The van der Waals surface area contributed by atoms with Crippen LogP contribution in [0.25, 0.3) is 22.3 Å². The van der Waals surface area contributed by atoms with Gasteiger partial charge in [-0.2, -0.15) is 0 Å². The van der Waals surface area contributed by atoms with Crippen LogP contribution in [0.3, 0.4) is 0 Å². The third-order valence-corrected chi connectivity index (χ3v) is 7.54. The van der Waals surface area contributed by atoms with Gasteiger partial charge in [0.2, 0.25) is 0 Å². The Hall–Kier alpha value is -3.34. The van der Waals surface area contributed by atoms with Crippen LogP contribution in [0.5, 0.6) is 0 Å². The molecule has 1 aromatic heterocycles. The van der Waals surface area contributed by atoms with Crippen molar-refractivity contribution in [3.05, 3.63) is 107 Å². The van der Waals surface area contributed by atoms with Crippen molar-refractivity contribution in [2.75, 3.05) is 0 Å². The topological polar surface area (TPSA) is 115 Å². The van der Waals surface area contributed by atoms with Gasteiger partial charge in [0.25, 0.3) is 5.91 Å². The van der Waals surface area contributed by atoms with E-state index in [1.54, 1.807) is 24.3 Å². The second-order valence-electron chi connectivity index (χ2n) is 11.3. The van der Waals surface area contributed by atoms with Crippen molar-refractivity contribution in [2.24, 2.45) is 0 Å². The van der Waals surface area contributed by atoms with Crippen LogP contribution in [0, 0.1) is 18.6 Å². The number of carboxylic acids is 1. The summed E-state index contributed by atoms with van der Waals surface area (Å²) in [4.78, 5) is 25.0. The molecule has 0 saturated carbocycles. The first kappa shape index (κ1) is 36.1. The van der Waals surface area contributed by atoms with Crippen molar-refractivity contribution in [3.8, 4) is 22.3 Å². The fourth-order valence-corrected chi connectivity index (χ4v) is 5.48. The van der Waals surface area contributed by atoms with Crippen molar-refractivity contribution in [3.63, 3.8) is 0 Å². The first-order valence-corrected chi connectivity index (χ1v) is 14.6. The van der Waals surface area contributed by atoms with Crippen molar-refractivity contribution in [2.45, 2.75) is 71.2 Å². The number of aliphatic hydroxyl groups excluding tert-OH is 2. The van der Waals surface area contributed by atoms with E-state index in [1.165, 1.54) is 24.3 Å². The number of aromatic nitrogens is 1. The van der Waals surface area contributed by atoms with E-state index in [-0.39, 0.29) is 67.3 Å². The molecule has 4 aromatic rings. The third-order valence-electron chi connectivity index (χ3n) is 7.54. The molecular weight excluding hydrogens is 589 g/mol. The summed E-state index contributed by atoms with van der Waals surface area (Å²) in [5.41, 5.74) is 5.39.